The summed E-state index contributed by atoms with van der Waals surface area (Å²) in [6.07, 6.45) is 4.57. The normalized spacial score (nSPS) is 12.3. The summed E-state index contributed by atoms with van der Waals surface area (Å²) in [6.45, 7) is 8.16. The maximum Gasteiger partial charge on any atom is 0.266 e. The topological polar surface area (TPSA) is 136 Å². The summed E-state index contributed by atoms with van der Waals surface area (Å²) in [6, 6.07) is 30.0. The Morgan fingerprint density at radius 1 is 0.936 bits per heavy atom. The summed E-state index contributed by atoms with van der Waals surface area (Å²) in [5.74, 6) is -1.76. The molecule has 47 heavy (non-hydrogen) atoms. The van der Waals surface area contributed by atoms with Gasteiger partial charge in [0.25, 0.3) is 16.0 Å². The third-order valence-electron chi connectivity index (χ3n) is 7.55. The molecule has 0 aromatic heterocycles. The highest BCUT2D eigenvalue weighted by atomic mass is 32.2. The summed E-state index contributed by atoms with van der Waals surface area (Å²) >= 11 is 0. The van der Waals surface area contributed by atoms with Crippen LogP contribution in [0.3, 0.4) is 0 Å². The van der Waals surface area contributed by atoms with Gasteiger partial charge in [0.05, 0.1) is 23.3 Å². The van der Waals surface area contributed by atoms with Crippen molar-refractivity contribution in [3.8, 4) is 17.2 Å². The molecule has 4 aromatic carbocycles. The Morgan fingerprint density at radius 2 is 1.60 bits per heavy atom. The van der Waals surface area contributed by atoms with Crippen molar-refractivity contribution in [1.29, 1.82) is 5.26 Å². The molecular formula is C38H39N3O5S. The van der Waals surface area contributed by atoms with Crippen LogP contribution in [-0.4, -0.2) is 37.1 Å². The van der Waals surface area contributed by atoms with Gasteiger partial charge in [0.15, 0.2) is 0 Å². The van der Waals surface area contributed by atoms with Crippen molar-refractivity contribution in [2.24, 2.45) is 5.41 Å². The van der Waals surface area contributed by atoms with Gasteiger partial charge in [0.2, 0.25) is 5.91 Å². The van der Waals surface area contributed by atoms with Crippen molar-refractivity contribution < 1.29 is 22.6 Å². The number of nitrogens with one attached hydrogen (secondary N) is 2. The lowest BCUT2D eigenvalue weighted by molar-refractivity contribution is -0.117. The summed E-state index contributed by atoms with van der Waals surface area (Å²) in [4.78, 5) is 26.3. The SMILES string of the molecule is Cc1cc(NC(=O)C(Cc2ccc(C(=O)NCCS(=O)(=O)O)cc2)c2ccc(/C=C/C(C)(C)C)cc2)ccc1-c1ccc(C#N)cc1. The molecule has 0 aliphatic rings. The van der Waals surface area contributed by atoms with Crippen molar-refractivity contribution in [1.82, 2.24) is 5.32 Å². The van der Waals surface area contributed by atoms with E-state index in [0.717, 1.165) is 33.4 Å². The monoisotopic (exact) mass is 649 g/mol. The Bertz CT molecular complexity index is 1900. The lowest BCUT2D eigenvalue weighted by Gasteiger charge is -2.19. The van der Waals surface area contributed by atoms with Gasteiger partial charge in [-0.25, -0.2) is 0 Å². The molecule has 9 heteroatoms. The third-order valence-corrected chi connectivity index (χ3v) is 8.27. The van der Waals surface area contributed by atoms with E-state index in [1.54, 1.807) is 36.4 Å². The van der Waals surface area contributed by atoms with Crippen LogP contribution >= 0.6 is 0 Å². The number of nitriles is 1. The minimum Gasteiger partial charge on any atom is -0.351 e. The minimum atomic E-state index is -4.18. The molecule has 0 spiro atoms. The first-order valence-electron chi connectivity index (χ1n) is 15.2. The quantitative estimate of drug-likeness (QED) is 0.147. The number of anilines is 1. The van der Waals surface area contributed by atoms with Crippen LogP contribution in [-0.2, 0) is 21.3 Å². The summed E-state index contributed by atoms with van der Waals surface area (Å²) in [5.41, 5.74) is 7.29. The second kappa shape index (κ2) is 15.0. The lowest BCUT2D eigenvalue weighted by Crippen LogP contribution is -2.28. The van der Waals surface area contributed by atoms with Crippen LogP contribution in [0.4, 0.5) is 5.69 Å². The molecule has 4 aromatic rings. The van der Waals surface area contributed by atoms with Gasteiger partial charge in [-0.1, -0.05) is 87.5 Å². The summed E-state index contributed by atoms with van der Waals surface area (Å²) < 4.78 is 30.8. The molecule has 0 saturated heterocycles. The number of benzene rings is 4. The molecule has 4 rings (SSSR count). The Hall–Kier alpha value is -5.04. The zero-order valence-electron chi connectivity index (χ0n) is 26.9. The van der Waals surface area contributed by atoms with Crippen LogP contribution in [0.25, 0.3) is 17.2 Å². The number of carbonyl (C=O) groups excluding carboxylic acids is 2. The zero-order chi connectivity index (χ0) is 34.2. The Labute approximate surface area is 276 Å². The standard InChI is InChI=1S/C38H39N3O5S/c1-26-23-33(17-18-34(26)30-13-9-29(25-39)10-14-30)41-37(43)35(31-11-5-27(6-12-31)19-20-38(2,3)4)24-28-7-15-32(16-8-28)36(42)40-21-22-47(44,45)46/h5-20,23,35H,21-22,24H2,1-4H3,(H,40,42)(H,41,43)(H,44,45,46)/b20-19+. The second-order valence-electron chi connectivity index (χ2n) is 12.6. The Kier molecular flexibility index (Phi) is 11.1. The van der Waals surface area contributed by atoms with E-state index in [1.165, 1.54) is 0 Å². The minimum absolute atomic E-state index is 0.0362. The van der Waals surface area contributed by atoms with Gasteiger partial charge in [-0.2, -0.15) is 13.7 Å². The molecular weight excluding hydrogens is 611 g/mol. The number of nitrogens with zero attached hydrogens (tertiary/aromatic N) is 1. The Balaban J connectivity index is 1.55. The van der Waals surface area contributed by atoms with Gasteiger partial charge in [-0.3, -0.25) is 14.1 Å². The van der Waals surface area contributed by atoms with Crippen molar-refractivity contribution in [3.63, 3.8) is 0 Å². The summed E-state index contributed by atoms with van der Waals surface area (Å²) in [7, 11) is -4.18. The van der Waals surface area contributed by atoms with E-state index in [1.807, 2.05) is 61.5 Å². The number of allylic oxidation sites excluding steroid dienone is 1. The molecule has 0 aliphatic heterocycles. The van der Waals surface area contributed by atoms with Gasteiger partial charge in [-0.05, 0) is 88.5 Å². The molecule has 0 aliphatic carbocycles. The predicted octanol–water partition coefficient (Wildman–Crippen LogP) is 7.18. The van der Waals surface area contributed by atoms with Crippen LogP contribution in [0, 0.1) is 23.7 Å². The number of hydrogen-bond acceptors (Lipinski definition) is 5. The predicted molar refractivity (Wildman–Crippen MR) is 187 cm³/mol. The number of rotatable bonds is 11. The fourth-order valence-electron chi connectivity index (χ4n) is 4.99. The lowest BCUT2D eigenvalue weighted by atomic mass is 9.89. The van der Waals surface area contributed by atoms with Crippen LogP contribution in [0.15, 0.2) is 97.1 Å². The zero-order valence-corrected chi connectivity index (χ0v) is 27.8. The average molecular weight is 650 g/mol. The van der Waals surface area contributed by atoms with Crippen molar-refractivity contribution in [2.75, 3.05) is 17.6 Å². The van der Waals surface area contributed by atoms with E-state index >= 15 is 0 Å². The first kappa shape index (κ1) is 34.8. The first-order valence-corrected chi connectivity index (χ1v) is 16.9. The fourth-order valence-corrected chi connectivity index (χ4v) is 5.35. The first-order chi connectivity index (χ1) is 22.2. The van der Waals surface area contributed by atoms with Crippen molar-refractivity contribution in [3.05, 3.63) is 130 Å². The van der Waals surface area contributed by atoms with E-state index < -0.39 is 27.7 Å². The van der Waals surface area contributed by atoms with Gasteiger partial charge in [-0.15, -0.1) is 0 Å². The number of aryl methyl sites for hydroxylation is 1. The van der Waals surface area contributed by atoms with Gasteiger partial charge >= 0.3 is 0 Å². The van der Waals surface area contributed by atoms with Crippen LogP contribution in [0.5, 0.6) is 0 Å². The van der Waals surface area contributed by atoms with Gasteiger partial charge in [0.1, 0.15) is 0 Å². The van der Waals surface area contributed by atoms with E-state index in [0.29, 0.717) is 23.2 Å². The molecule has 8 nitrogen and oxygen atoms in total. The van der Waals surface area contributed by atoms with E-state index in [-0.39, 0.29) is 17.9 Å². The molecule has 2 amide bonds. The maximum atomic E-state index is 13.9. The number of hydrogen-bond donors (Lipinski definition) is 3. The van der Waals surface area contributed by atoms with Crippen molar-refractivity contribution >= 4 is 33.7 Å². The maximum absolute atomic E-state index is 13.9. The van der Waals surface area contributed by atoms with E-state index in [9.17, 15) is 18.0 Å². The molecule has 0 saturated carbocycles. The molecule has 1 atom stereocenters. The highest BCUT2D eigenvalue weighted by molar-refractivity contribution is 7.85. The molecule has 1 unspecified atom stereocenters. The van der Waals surface area contributed by atoms with Crippen LogP contribution in [0.1, 0.15) is 64.9 Å². The van der Waals surface area contributed by atoms with Gasteiger partial charge < -0.3 is 10.6 Å². The van der Waals surface area contributed by atoms with Crippen LogP contribution < -0.4 is 10.6 Å². The van der Waals surface area contributed by atoms with Crippen molar-refractivity contribution in [2.45, 2.75) is 40.0 Å². The average Bonchev–Trinajstić information content (AvgIpc) is 3.02. The van der Waals surface area contributed by atoms with E-state index in [2.05, 4.69) is 49.6 Å². The fraction of sp³-hybridized carbons (Fsp3) is 0.237. The number of amides is 2. The Morgan fingerprint density at radius 3 is 2.17 bits per heavy atom. The molecule has 0 fully saturated rings. The molecule has 3 N–H and O–H groups in total. The molecule has 0 heterocycles. The summed E-state index contributed by atoms with van der Waals surface area (Å²) in [5, 5.41) is 14.7. The molecule has 0 bridgehead atoms. The highest BCUT2D eigenvalue weighted by Gasteiger charge is 2.22. The smallest absolute Gasteiger partial charge is 0.266 e. The third kappa shape index (κ3) is 10.5. The largest absolute Gasteiger partial charge is 0.351 e. The second-order valence-corrected chi connectivity index (χ2v) is 14.1. The molecule has 242 valence electrons. The number of carbonyl (C=O) groups is 2. The van der Waals surface area contributed by atoms with Crippen LogP contribution in [0.2, 0.25) is 0 Å². The van der Waals surface area contributed by atoms with Gasteiger partial charge in [0, 0.05) is 17.8 Å². The highest BCUT2D eigenvalue weighted by Crippen LogP contribution is 2.29. The molecule has 0 radical (unpaired) electrons. The van der Waals surface area contributed by atoms with E-state index in [4.69, 9.17) is 9.81 Å².